The van der Waals surface area contributed by atoms with Gasteiger partial charge in [-0.1, -0.05) is 6.92 Å². The number of likely N-dealkylation sites (tertiary alicyclic amines) is 1. The summed E-state index contributed by atoms with van der Waals surface area (Å²) < 4.78 is 5.82. The number of nitrogens with zero attached hydrogens (tertiary/aromatic N) is 1. The summed E-state index contributed by atoms with van der Waals surface area (Å²) in [6.45, 7) is 7.81. The van der Waals surface area contributed by atoms with Gasteiger partial charge >= 0.3 is 0 Å². The first-order chi connectivity index (χ1) is 7.68. The summed E-state index contributed by atoms with van der Waals surface area (Å²) in [6.07, 6.45) is 5.43. The standard InChI is InChI=1S/C13H26N2O/c1-10-11(2)15(7-6-13(10)14)9-12-5-3-4-8-16-12/h10-13H,3-9,14H2,1-2H3. The average Bonchev–Trinajstić information content (AvgIpc) is 2.31. The summed E-state index contributed by atoms with van der Waals surface area (Å²) in [5.74, 6) is 0.609. The minimum Gasteiger partial charge on any atom is -0.377 e. The molecule has 0 aromatic rings. The van der Waals surface area contributed by atoms with E-state index in [1.807, 2.05) is 0 Å². The second kappa shape index (κ2) is 5.48. The van der Waals surface area contributed by atoms with Crippen molar-refractivity contribution in [3.05, 3.63) is 0 Å². The van der Waals surface area contributed by atoms with Crippen molar-refractivity contribution in [2.45, 2.75) is 57.7 Å². The zero-order valence-corrected chi connectivity index (χ0v) is 10.7. The zero-order valence-electron chi connectivity index (χ0n) is 10.7. The monoisotopic (exact) mass is 226 g/mol. The van der Waals surface area contributed by atoms with Crippen LogP contribution in [-0.2, 0) is 4.74 Å². The molecule has 0 aromatic carbocycles. The second-order valence-corrected chi connectivity index (χ2v) is 5.54. The molecule has 4 atom stereocenters. The molecular formula is C13H26N2O. The number of rotatable bonds is 2. The SMILES string of the molecule is CC1C(N)CCN(CC2CCCCO2)C1C. The Kier molecular flexibility index (Phi) is 4.22. The molecule has 0 aromatic heterocycles. The van der Waals surface area contributed by atoms with Gasteiger partial charge in [-0.15, -0.1) is 0 Å². The molecule has 3 nitrogen and oxygen atoms in total. The number of hydrogen-bond acceptors (Lipinski definition) is 3. The van der Waals surface area contributed by atoms with Gasteiger partial charge in [-0.2, -0.15) is 0 Å². The van der Waals surface area contributed by atoms with Gasteiger partial charge in [-0.25, -0.2) is 0 Å². The van der Waals surface area contributed by atoms with E-state index in [0.29, 0.717) is 24.1 Å². The van der Waals surface area contributed by atoms with Gasteiger partial charge in [-0.05, 0) is 38.5 Å². The minimum atomic E-state index is 0.388. The van der Waals surface area contributed by atoms with Gasteiger partial charge in [0, 0.05) is 31.8 Å². The van der Waals surface area contributed by atoms with Crippen LogP contribution < -0.4 is 5.73 Å². The molecule has 0 amide bonds. The van der Waals surface area contributed by atoms with Crippen molar-refractivity contribution in [1.29, 1.82) is 0 Å². The van der Waals surface area contributed by atoms with E-state index in [4.69, 9.17) is 10.5 Å². The van der Waals surface area contributed by atoms with Crippen LogP contribution in [0, 0.1) is 5.92 Å². The lowest BCUT2D eigenvalue weighted by atomic mass is 9.87. The number of hydrogen-bond donors (Lipinski definition) is 1. The van der Waals surface area contributed by atoms with Crippen LogP contribution in [0.25, 0.3) is 0 Å². The van der Waals surface area contributed by atoms with E-state index < -0.39 is 0 Å². The first kappa shape index (κ1) is 12.3. The van der Waals surface area contributed by atoms with Gasteiger partial charge in [0.15, 0.2) is 0 Å². The number of piperidine rings is 1. The number of nitrogens with two attached hydrogens (primary N) is 1. The molecule has 2 aliphatic rings. The largest absolute Gasteiger partial charge is 0.377 e. The molecule has 94 valence electrons. The lowest BCUT2D eigenvalue weighted by Gasteiger charge is -2.43. The van der Waals surface area contributed by atoms with Crippen molar-refractivity contribution < 1.29 is 4.74 Å². The predicted molar refractivity (Wildman–Crippen MR) is 66.4 cm³/mol. The Bertz CT molecular complexity index is 216. The lowest BCUT2D eigenvalue weighted by molar-refractivity contribution is -0.0262. The molecule has 2 saturated heterocycles. The third-order valence-electron chi connectivity index (χ3n) is 4.47. The average molecular weight is 226 g/mol. The normalized spacial score (nSPS) is 42.2. The Hall–Kier alpha value is -0.120. The molecule has 4 unspecified atom stereocenters. The van der Waals surface area contributed by atoms with E-state index in [1.54, 1.807) is 0 Å². The van der Waals surface area contributed by atoms with Crippen LogP contribution in [0.3, 0.4) is 0 Å². The molecule has 2 rings (SSSR count). The summed E-state index contributed by atoms with van der Waals surface area (Å²) in [5, 5.41) is 0. The molecule has 16 heavy (non-hydrogen) atoms. The molecule has 2 N–H and O–H groups in total. The van der Waals surface area contributed by atoms with E-state index >= 15 is 0 Å². The first-order valence-corrected chi connectivity index (χ1v) is 6.79. The summed E-state index contributed by atoms with van der Waals surface area (Å²) in [7, 11) is 0. The van der Waals surface area contributed by atoms with Gasteiger partial charge in [0.2, 0.25) is 0 Å². The van der Waals surface area contributed by atoms with Crippen LogP contribution in [0.15, 0.2) is 0 Å². The maximum absolute atomic E-state index is 6.11. The molecule has 3 heteroatoms. The molecule has 0 bridgehead atoms. The second-order valence-electron chi connectivity index (χ2n) is 5.54. The van der Waals surface area contributed by atoms with E-state index in [2.05, 4.69) is 18.7 Å². The van der Waals surface area contributed by atoms with Crippen molar-refractivity contribution in [2.24, 2.45) is 11.7 Å². The Morgan fingerprint density at radius 2 is 2.06 bits per heavy atom. The molecule has 2 heterocycles. The topological polar surface area (TPSA) is 38.5 Å². The highest BCUT2D eigenvalue weighted by Gasteiger charge is 2.31. The highest BCUT2D eigenvalue weighted by atomic mass is 16.5. The fourth-order valence-electron chi connectivity index (χ4n) is 2.94. The van der Waals surface area contributed by atoms with Crippen LogP contribution in [-0.4, -0.2) is 42.8 Å². The van der Waals surface area contributed by atoms with Gasteiger partial charge < -0.3 is 10.5 Å². The minimum absolute atomic E-state index is 0.388. The van der Waals surface area contributed by atoms with E-state index in [0.717, 1.165) is 26.1 Å². The molecule has 0 saturated carbocycles. The quantitative estimate of drug-likeness (QED) is 0.777. The summed E-state index contributed by atoms with van der Waals surface area (Å²) in [4.78, 5) is 2.57. The van der Waals surface area contributed by atoms with Gasteiger partial charge in [0.05, 0.1) is 6.10 Å². The van der Waals surface area contributed by atoms with Crippen molar-refractivity contribution in [2.75, 3.05) is 19.7 Å². The number of ether oxygens (including phenoxy) is 1. The Labute approximate surface area is 99.3 Å². The third kappa shape index (κ3) is 2.76. The highest BCUT2D eigenvalue weighted by Crippen LogP contribution is 2.24. The fraction of sp³-hybridized carbons (Fsp3) is 1.00. The maximum atomic E-state index is 6.11. The molecular weight excluding hydrogens is 200 g/mol. The predicted octanol–water partition coefficient (Wildman–Crippen LogP) is 1.61. The van der Waals surface area contributed by atoms with Crippen LogP contribution in [0.4, 0.5) is 0 Å². The van der Waals surface area contributed by atoms with Crippen molar-refractivity contribution in [1.82, 2.24) is 4.90 Å². The summed E-state index contributed by atoms with van der Waals surface area (Å²) >= 11 is 0. The summed E-state index contributed by atoms with van der Waals surface area (Å²) in [5.41, 5.74) is 6.11. The van der Waals surface area contributed by atoms with Crippen molar-refractivity contribution in [3.63, 3.8) is 0 Å². The zero-order chi connectivity index (χ0) is 11.5. The Balaban J connectivity index is 1.84. The smallest absolute Gasteiger partial charge is 0.0702 e. The Morgan fingerprint density at radius 3 is 2.75 bits per heavy atom. The van der Waals surface area contributed by atoms with Crippen LogP contribution in [0.2, 0.25) is 0 Å². The molecule has 2 fully saturated rings. The van der Waals surface area contributed by atoms with E-state index in [1.165, 1.54) is 19.3 Å². The van der Waals surface area contributed by atoms with Gasteiger partial charge in [-0.3, -0.25) is 4.90 Å². The van der Waals surface area contributed by atoms with Crippen LogP contribution >= 0.6 is 0 Å². The van der Waals surface area contributed by atoms with Gasteiger partial charge in [0.25, 0.3) is 0 Å². The fourth-order valence-corrected chi connectivity index (χ4v) is 2.94. The van der Waals surface area contributed by atoms with Gasteiger partial charge in [0.1, 0.15) is 0 Å². The van der Waals surface area contributed by atoms with Crippen molar-refractivity contribution in [3.8, 4) is 0 Å². The maximum Gasteiger partial charge on any atom is 0.0702 e. The molecule has 0 aliphatic carbocycles. The lowest BCUT2D eigenvalue weighted by Crippen LogP contribution is -2.53. The van der Waals surface area contributed by atoms with E-state index in [-0.39, 0.29) is 0 Å². The van der Waals surface area contributed by atoms with Crippen LogP contribution in [0.1, 0.15) is 39.5 Å². The molecule has 2 aliphatic heterocycles. The highest BCUT2D eigenvalue weighted by molar-refractivity contribution is 4.87. The third-order valence-corrected chi connectivity index (χ3v) is 4.47. The van der Waals surface area contributed by atoms with Crippen molar-refractivity contribution >= 4 is 0 Å². The van der Waals surface area contributed by atoms with E-state index in [9.17, 15) is 0 Å². The first-order valence-electron chi connectivity index (χ1n) is 6.79. The Morgan fingerprint density at radius 1 is 1.25 bits per heavy atom. The summed E-state index contributed by atoms with van der Waals surface area (Å²) in [6, 6.07) is 0.993. The van der Waals surface area contributed by atoms with Crippen LogP contribution in [0.5, 0.6) is 0 Å². The molecule has 0 radical (unpaired) electrons. The molecule has 0 spiro atoms.